The zero-order chi connectivity index (χ0) is 21.2. The van der Waals surface area contributed by atoms with Crippen molar-refractivity contribution in [1.29, 1.82) is 0 Å². The molecule has 1 amide bonds. The average molecular weight is 407 g/mol. The van der Waals surface area contributed by atoms with E-state index < -0.39 is 71.5 Å². The van der Waals surface area contributed by atoms with E-state index in [1.54, 1.807) is 0 Å². The Bertz CT molecular complexity index is 569. The normalized spacial score (nSPS) is 16.9. The minimum absolute atomic E-state index is 0.730. The van der Waals surface area contributed by atoms with Gasteiger partial charge in [-0.15, -0.1) is 0 Å². The van der Waals surface area contributed by atoms with Gasteiger partial charge in [-0.05, 0) is 0 Å². The second-order valence-corrected chi connectivity index (χ2v) is 5.80. The smallest absolute Gasteiger partial charge is 0.394 e. The number of aliphatic hydroxyl groups excluding tert-OH is 5. The van der Waals surface area contributed by atoms with Crippen LogP contribution < -0.4 is 5.32 Å². The second kappa shape index (κ2) is 11.8. The third kappa shape index (κ3) is 12.6. The van der Waals surface area contributed by atoms with Crippen molar-refractivity contribution >= 4 is 28.1 Å². The van der Waals surface area contributed by atoms with E-state index in [0.717, 1.165) is 6.92 Å². The molecule has 0 saturated heterocycles. The van der Waals surface area contributed by atoms with Crippen LogP contribution in [0.15, 0.2) is 0 Å². The molecule has 154 valence electrons. The van der Waals surface area contributed by atoms with Gasteiger partial charge < -0.3 is 36.0 Å². The first-order valence-electron chi connectivity index (χ1n) is 6.68. The van der Waals surface area contributed by atoms with Gasteiger partial charge in [-0.1, -0.05) is 0 Å². The fourth-order valence-corrected chi connectivity index (χ4v) is 1.60. The summed E-state index contributed by atoms with van der Waals surface area (Å²) in [6.45, 7) is 0.134. The van der Waals surface area contributed by atoms with Gasteiger partial charge in [-0.25, -0.2) is 4.79 Å². The van der Waals surface area contributed by atoms with Gasteiger partial charge in [0.15, 0.2) is 0 Å². The number of carbonyl (C=O) groups excluding carboxylic acids is 2. The molecule has 0 saturated carbocycles. The van der Waals surface area contributed by atoms with Crippen LogP contribution in [0.25, 0.3) is 0 Å². The van der Waals surface area contributed by atoms with E-state index in [0.29, 0.717) is 0 Å². The molecule has 0 aromatic heterocycles. The first-order chi connectivity index (χ1) is 11.6. The number of carboxylic acid groups (broad SMARTS) is 1. The topological polar surface area (TPSA) is 259 Å². The number of nitrogens with one attached hydrogen (secondary N) is 1. The van der Waals surface area contributed by atoms with Crippen molar-refractivity contribution in [3.05, 3.63) is 0 Å². The summed E-state index contributed by atoms with van der Waals surface area (Å²) in [5.41, 5.74) is 0. The van der Waals surface area contributed by atoms with Crippen LogP contribution in [-0.2, 0) is 24.8 Å². The van der Waals surface area contributed by atoms with Crippen molar-refractivity contribution < 1.29 is 62.5 Å². The van der Waals surface area contributed by atoms with Crippen LogP contribution in [0.1, 0.15) is 13.3 Å². The van der Waals surface area contributed by atoms with Crippen molar-refractivity contribution in [2.24, 2.45) is 0 Å². The number of aliphatic hydroxyl groups is 5. The van der Waals surface area contributed by atoms with E-state index in [2.05, 4.69) is 0 Å². The average Bonchev–Trinajstić information content (AvgIpc) is 2.48. The zero-order valence-electron chi connectivity index (χ0n) is 13.3. The summed E-state index contributed by atoms with van der Waals surface area (Å²) in [5.74, 6) is -3.89. The first-order valence-corrected chi connectivity index (χ1v) is 8.07. The molecule has 9 N–H and O–H groups in total. The summed E-state index contributed by atoms with van der Waals surface area (Å²) in [6.07, 6.45) is -8.35. The van der Waals surface area contributed by atoms with E-state index in [-0.39, 0.29) is 0 Å². The Balaban J connectivity index is 0. The number of amides is 1. The monoisotopic (exact) mass is 407 g/mol. The Morgan fingerprint density at radius 2 is 1.38 bits per heavy atom. The molecule has 0 unspecified atom stereocenters. The molecule has 0 spiro atoms. The molecule has 5 atom stereocenters. The molecule has 14 nitrogen and oxygen atoms in total. The standard InChI is InChI=1S/C11H19NO9.H2O4S/c1-4(14)12-8(5(15)2-6(16)11(20)21)10(19)9(18)7(17)3-13;1-5(2,3)4/h5,7-10,13,15,17-19H,2-3H2,1H3,(H,12,14)(H,20,21);(H2,1,2,3,4)/t5-,7+,8+,9+,10+;/m0./s1. The molecule has 0 aliphatic heterocycles. The van der Waals surface area contributed by atoms with Gasteiger partial charge in [0.1, 0.15) is 18.3 Å². The lowest BCUT2D eigenvalue weighted by molar-refractivity contribution is -0.151. The second-order valence-electron chi connectivity index (χ2n) is 4.91. The quantitative estimate of drug-likeness (QED) is 0.129. The molecule has 15 heteroatoms. The Morgan fingerprint density at radius 1 is 0.962 bits per heavy atom. The number of Topliss-reactive ketones (excluding diaryl/α,β-unsaturated/α-hetero) is 1. The van der Waals surface area contributed by atoms with E-state index in [1.807, 2.05) is 5.32 Å². The van der Waals surface area contributed by atoms with Crippen LogP contribution in [0.5, 0.6) is 0 Å². The highest BCUT2D eigenvalue weighted by Gasteiger charge is 2.37. The lowest BCUT2D eigenvalue weighted by Crippen LogP contribution is -2.57. The SMILES string of the molecule is CC(=O)N[C@@H]([C@@H](O)[C@H](O)[C@H](O)CO)[C@@H](O)CC(=O)C(=O)O.O=S(=O)(O)O. The fourth-order valence-electron chi connectivity index (χ4n) is 1.60. The van der Waals surface area contributed by atoms with E-state index >= 15 is 0 Å². The Kier molecular flexibility index (Phi) is 12.0. The maximum atomic E-state index is 11.0. The highest BCUT2D eigenvalue weighted by Crippen LogP contribution is 2.11. The Morgan fingerprint density at radius 3 is 1.69 bits per heavy atom. The van der Waals surface area contributed by atoms with E-state index in [4.69, 9.17) is 27.7 Å². The summed E-state index contributed by atoms with van der Waals surface area (Å²) in [5, 5.41) is 57.4. The summed E-state index contributed by atoms with van der Waals surface area (Å²) >= 11 is 0. The number of hydrogen-bond donors (Lipinski definition) is 9. The number of carbonyl (C=O) groups is 3. The molecular weight excluding hydrogens is 386 g/mol. The first kappa shape index (κ1) is 26.5. The third-order valence-electron chi connectivity index (χ3n) is 2.72. The number of ketones is 1. The van der Waals surface area contributed by atoms with Crippen LogP contribution in [0.2, 0.25) is 0 Å². The van der Waals surface area contributed by atoms with E-state index in [9.17, 15) is 34.8 Å². The van der Waals surface area contributed by atoms with Gasteiger partial charge in [-0.3, -0.25) is 18.7 Å². The van der Waals surface area contributed by atoms with Crippen LogP contribution >= 0.6 is 0 Å². The lowest BCUT2D eigenvalue weighted by atomic mass is 9.94. The number of carboxylic acids is 1. The van der Waals surface area contributed by atoms with Gasteiger partial charge in [-0.2, -0.15) is 8.42 Å². The third-order valence-corrected chi connectivity index (χ3v) is 2.72. The summed E-state index contributed by atoms with van der Waals surface area (Å²) < 4.78 is 31.6. The predicted octanol–water partition coefficient (Wildman–Crippen LogP) is -4.68. The highest BCUT2D eigenvalue weighted by atomic mass is 32.3. The van der Waals surface area contributed by atoms with Crippen molar-refractivity contribution in [3.8, 4) is 0 Å². The summed E-state index contributed by atoms with van der Waals surface area (Å²) in [4.78, 5) is 32.4. The number of aliphatic carboxylic acids is 1. The van der Waals surface area contributed by atoms with Gasteiger partial charge in [0.25, 0.3) is 0 Å². The number of hydrogen-bond acceptors (Lipinski definition) is 10. The van der Waals surface area contributed by atoms with Gasteiger partial charge in [0.2, 0.25) is 11.7 Å². The van der Waals surface area contributed by atoms with Crippen molar-refractivity contribution in [3.63, 3.8) is 0 Å². The Labute approximate surface area is 147 Å². The largest absolute Gasteiger partial charge is 0.475 e. The van der Waals surface area contributed by atoms with Crippen molar-refractivity contribution in [2.45, 2.75) is 43.8 Å². The van der Waals surface area contributed by atoms with Crippen LogP contribution in [0.3, 0.4) is 0 Å². The van der Waals surface area contributed by atoms with Gasteiger partial charge >= 0.3 is 16.4 Å². The fraction of sp³-hybridized carbons (Fsp3) is 0.727. The molecule has 0 heterocycles. The minimum atomic E-state index is -4.67. The number of rotatable bonds is 9. The zero-order valence-corrected chi connectivity index (χ0v) is 14.1. The van der Waals surface area contributed by atoms with Gasteiger partial charge in [0.05, 0.1) is 18.8 Å². The molecule has 0 aromatic rings. The van der Waals surface area contributed by atoms with Crippen LogP contribution in [-0.4, -0.2) is 103 Å². The minimum Gasteiger partial charge on any atom is -0.475 e. The van der Waals surface area contributed by atoms with Crippen LogP contribution in [0.4, 0.5) is 0 Å². The van der Waals surface area contributed by atoms with Crippen molar-refractivity contribution in [1.82, 2.24) is 5.32 Å². The maximum absolute atomic E-state index is 11.0. The summed E-state index contributed by atoms with van der Waals surface area (Å²) in [7, 11) is -4.67. The van der Waals surface area contributed by atoms with Crippen molar-refractivity contribution in [2.75, 3.05) is 6.61 Å². The molecule has 0 radical (unpaired) electrons. The molecule has 0 aromatic carbocycles. The molecule has 0 aliphatic rings. The Hall–Kier alpha value is -1.72. The van der Waals surface area contributed by atoms with Gasteiger partial charge in [0, 0.05) is 13.3 Å². The molecule has 0 aliphatic carbocycles. The molecule has 26 heavy (non-hydrogen) atoms. The lowest BCUT2D eigenvalue weighted by Gasteiger charge is -2.32. The van der Waals surface area contributed by atoms with Crippen LogP contribution in [0, 0.1) is 0 Å². The predicted molar refractivity (Wildman–Crippen MR) is 80.2 cm³/mol. The molecule has 0 rings (SSSR count). The molecule has 0 fully saturated rings. The summed E-state index contributed by atoms with van der Waals surface area (Å²) in [6, 6.07) is -1.61. The van der Waals surface area contributed by atoms with E-state index in [1.165, 1.54) is 0 Å². The maximum Gasteiger partial charge on any atom is 0.394 e. The highest BCUT2D eigenvalue weighted by molar-refractivity contribution is 7.79. The molecular formula is C11H21NO13S. The molecule has 0 bridgehead atoms.